The van der Waals surface area contributed by atoms with Gasteiger partial charge in [-0.05, 0) is 64.0 Å². The first kappa shape index (κ1) is 21.5. The summed E-state index contributed by atoms with van der Waals surface area (Å²) in [5.41, 5.74) is 2.48. The number of thiazole rings is 1. The highest BCUT2D eigenvalue weighted by atomic mass is 32.1. The Balaban J connectivity index is 1.50. The van der Waals surface area contributed by atoms with Crippen molar-refractivity contribution in [1.82, 2.24) is 19.9 Å². The molecule has 0 unspecified atom stereocenters. The van der Waals surface area contributed by atoms with Gasteiger partial charge in [0.25, 0.3) is 0 Å². The summed E-state index contributed by atoms with van der Waals surface area (Å²) in [7, 11) is 2.17. The number of halogens is 1. The van der Waals surface area contributed by atoms with Crippen LogP contribution < -0.4 is 5.32 Å². The SMILES string of the molecule is CN1CCC(c2nc(-c3cccc(F)c3)c(-c3ccnc(NC4CCCCC4)n3)s2)CC1. The lowest BCUT2D eigenvalue weighted by atomic mass is 9.96. The molecule has 0 bridgehead atoms. The minimum absolute atomic E-state index is 0.246. The molecule has 0 spiro atoms. The fraction of sp³-hybridized carbons (Fsp3) is 0.480. The van der Waals surface area contributed by atoms with Gasteiger partial charge in [-0.1, -0.05) is 31.4 Å². The van der Waals surface area contributed by atoms with E-state index in [1.807, 2.05) is 18.3 Å². The first-order valence-electron chi connectivity index (χ1n) is 11.7. The third-order valence-electron chi connectivity index (χ3n) is 6.64. The van der Waals surface area contributed by atoms with Crippen LogP contribution in [-0.2, 0) is 0 Å². The number of nitrogens with zero attached hydrogens (tertiary/aromatic N) is 4. The summed E-state index contributed by atoms with van der Waals surface area (Å²) in [6.45, 7) is 2.16. The van der Waals surface area contributed by atoms with Gasteiger partial charge in [0.15, 0.2) is 0 Å². The van der Waals surface area contributed by atoms with Crippen molar-refractivity contribution in [3.05, 3.63) is 47.4 Å². The first-order valence-corrected chi connectivity index (χ1v) is 12.5. The van der Waals surface area contributed by atoms with Crippen molar-refractivity contribution in [3.8, 4) is 21.8 Å². The number of likely N-dealkylation sites (tertiary alicyclic amines) is 1. The van der Waals surface area contributed by atoms with E-state index in [9.17, 15) is 4.39 Å². The summed E-state index contributed by atoms with van der Waals surface area (Å²) < 4.78 is 14.1. The van der Waals surface area contributed by atoms with Gasteiger partial charge in [-0.3, -0.25) is 0 Å². The summed E-state index contributed by atoms with van der Waals surface area (Å²) in [5.74, 6) is 0.873. The van der Waals surface area contributed by atoms with Crippen LogP contribution in [-0.4, -0.2) is 46.0 Å². The Kier molecular flexibility index (Phi) is 6.46. The number of aromatic nitrogens is 3. The van der Waals surface area contributed by atoms with Gasteiger partial charge in [0.1, 0.15) is 5.82 Å². The van der Waals surface area contributed by atoms with Crippen LogP contribution in [0.15, 0.2) is 36.5 Å². The normalized spacial score (nSPS) is 18.7. The Morgan fingerprint density at radius 2 is 1.84 bits per heavy atom. The summed E-state index contributed by atoms with van der Waals surface area (Å²) in [6.07, 6.45) is 10.2. The third kappa shape index (κ3) is 4.84. The molecule has 2 aliphatic rings. The zero-order valence-corrected chi connectivity index (χ0v) is 19.4. The van der Waals surface area contributed by atoms with Crippen molar-refractivity contribution in [1.29, 1.82) is 0 Å². The van der Waals surface area contributed by atoms with E-state index < -0.39 is 0 Å². The lowest BCUT2D eigenvalue weighted by molar-refractivity contribution is 0.255. The molecule has 1 aromatic carbocycles. The Bertz CT molecular complexity index is 1050. The van der Waals surface area contributed by atoms with Crippen LogP contribution in [0.4, 0.5) is 10.3 Å². The number of benzene rings is 1. The zero-order valence-electron chi connectivity index (χ0n) is 18.6. The van der Waals surface area contributed by atoms with E-state index in [1.54, 1.807) is 23.5 Å². The molecule has 0 atom stereocenters. The maximum Gasteiger partial charge on any atom is 0.223 e. The number of rotatable bonds is 5. The van der Waals surface area contributed by atoms with E-state index in [4.69, 9.17) is 9.97 Å². The van der Waals surface area contributed by atoms with E-state index in [1.165, 1.54) is 38.2 Å². The summed E-state index contributed by atoms with van der Waals surface area (Å²) in [6, 6.07) is 9.12. The van der Waals surface area contributed by atoms with Crippen LogP contribution in [0.1, 0.15) is 55.9 Å². The molecular weight excluding hydrogens is 421 g/mol. The molecule has 3 aromatic rings. The fourth-order valence-electron chi connectivity index (χ4n) is 4.76. The van der Waals surface area contributed by atoms with E-state index in [2.05, 4.69) is 22.2 Å². The number of piperidine rings is 1. The molecule has 5 nitrogen and oxygen atoms in total. The van der Waals surface area contributed by atoms with Crippen LogP contribution in [0.5, 0.6) is 0 Å². The third-order valence-corrected chi connectivity index (χ3v) is 7.88. The predicted molar refractivity (Wildman–Crippen MR) is 129 cm³/mol. The predicted octanol–water partition coefficient (Wildman–Crippen LogP) is 5.96. The Labute approximate surface area is 193 Å². The minimum Gasteiger partial charge on any atom is -0.351 e. The molecule has 1 aliphatic heterocycles. The van der Waals surface area contributed by atoms with Crippen LogP contribution in [0.2, 0.25) is 0 Å². The van der Waals surface area contributed by atoms with Crippen molar-refractivity contribution < 1.29 is 4.39 Å². The highest BCUT2D eigenvalue weighted by Crippen LogP contribution is 2.41. The smallest absolute Gasteiger partial charge is 0.223 e. The number of anilines is 1. The zero-order chi connectivity index (χ0) is 21.9. The Morgan fingerprint density at radius 3 is 2.62 bits per heavy atom. The van der Waals surface area contributed by atoms with Crippen molar-refractivity contribution in [2.45, 2.75) is 56.9 Å². The minimum atomic E-state index is -0.246. The lowest BCUT2D eigenvalue weighted by Crippen LogP contribution is -2.29. The second kappa shape index (κ2) is 9.63. The molecule has 32 heavy (non-hydrogen) atoms. The monoisotopic (exact) mass is 451 g/mol. The molecule has 3 heterocycles. The molecule has 168 valence electrons. The van der Waals surface area contributed by atoms with Crippen LogP contribution in [0.3, 0.4) is 0 Å². The number of hydrogen-bond acceptors (Lipinski definition) is 6. The van der Waals surface area contributed by atoms with Gasteiger partial charge >= 0.3 is 0 Å². The van der Waals surface area contributed by atoms with Gasteiger partial charge in [0.05, 0.1) is 21.3 Å². The molecule has 7 heteroatoms. The largest absolute Gasteiger partial charge is 0.351 e. The highest BCUT2D eigenvalue weighted by molar-refractivity contribution is 7.15. The second-order valence-electron chi connectivity index (χ2n) is 9.06. The molecule has 2 aromatic heterocycles. The van der Waals surface area contributed by atoms with Crippen molar-refractivity contribution in [3.63, 3.8) is 0 Å². The molecule has 0 radical (unpaired) electrons. The van der Waals surface area contributed by atoms with Crippen LogP contribution >= 0.6 is 11.3 Å². The Hall–Kier alpha value is -2.38. The van der Waals surface area contributed by atoms with Crippen LogP contribution in [0.25, 0.3) is 21.8 Å². The average Bonchev–Trinajstić information content (AvgIpc) is 3.26. The highest BCUT2D eigenvalue weighted by Gasteiger charge is 2.25. The standard InChI is InChI=1S/C25H30FN5S/c1-31-14-11-17(12-15-31)24-30-22(18-6-5-7-19(26)16-18)23(32-24)21-10-13-27-25(29-21)28-20-8-3-2-4-9-20/h5-7,10,13,16-17,20H,2-4,8-9,11-12,14-15H2,1H3,(H,27,28,29). The van der Waals surface area contributed by atoms with E-state index in [0.717, 1.165) is 52.8 Å². The molecule has 1 N–H and O–H groups in total. The van der Waals surface area contributed by atoms with E-state index in [-0.39, 0.29) is 5.82 Å². The van der Waals surface area contributed by atoms with Gasteiger partial charge < -0.3 is 10.2 Å². The molecule has 1 saturated carbocycles. The van der Waals surface area contributed by atoms with Crippen molar-refractivity contribution in [2.24, 2.45) is 0 Å². The van der Waals surface area contributed by atoms with Gasteiger partial charge in [-0.2, -0.15) is 0 Å². The lowest BCUT2D eigenvalue weighted by Gasteiger charge is -2.27. The maximum absolute atomic E-state index is 14.1. The number of hydrogen-bond donors (Lipinski definition) is 1. The van der Waals surface area contributed by atoms with E-state index >= 15 is 0 Å². The average molecular weight is 452 g/mol. The second-order valence-corrected chi connectivity index (χ2v) is 10.1. The molecule has 2 fully saturated rings. The maximum atomic E-state index is 14.1. The quantitative estimate of drug-likeness (QED) is 0.519. The molecule has 1 saturated heterocycles. The molecule has 1 aliphatic carbocycles. The molecule has 5 rings (SSSR count). The molecule has 0 amide bonds. The van der Waals surface area contributed by atoms with Gasteiger partial charge in [-0.25, -0.2) is 19.3 Å². The van der Waals surface area contributed by atoms with Crippen molar-refractivity contribution in [2.75, 3.05) is 25.5 Å². The molecular formula is C25H30FN5S. The first-order chi connectivity index (χ1) is 15.7. The van der Waals surface area contributed by atoms with Gasteiger partial charge in [0.2, 0.25) is 5.95 Å². The van der Waals surface area contributed by atoms with Crippen molar-refractivity contribution >= 4 is 17.3 Å². The fourth-order valence-corrected chi connectivity index (χ4v) is 5.98. The summed E-state index contributed by atoms with van der Waals surface area (Å²) >= 11 is 1.71. The van der Waals surface area contributed by atoms with E-state index in [0.29, 0.717) is 17.9 Å². The Morgan fingerprint density at radius 1 is 1.03 bits per heavy atom. The number of nitrogens with one attached hydrogen (secondary N) is 1. The topological polar surface area (TPSA) is 53.9 Å². The van der Waals surface area contributed by atoms with Gasteiger partial charge in [-0.15, -0.1) is 11.3 Å². The van der Waals surface area contributed by atoms with Crippen LogP contribution in [0, 0.1) is 5.82 Å². The summed E-state index contributed by atoms with van der Waals surface area (Å²) in [4.78, 5) is 17.7. The summed E-state index contributed by atoms with van der Waals surface area (Å²) in [5, 5.41) is 4.66. The van der Waals surface area contributed by atoms with Gasteiger partial charge in [0, 0.05) is 23.7 Å².